The highest BCUT2D eigenvalue weighted by atomic mass is 15.3. The van der Waals surface area contributed by atoms with Gasteiger partial charge in [-0.15, -0.1) is 10.2 Å². The molecule has 1 aliphatic rings. The van der Waals surface area contributed by atoms with Gasteiger partial charge in [0.05, 0.1) is 6.04 Å². The number of nitrogens with two attached hydrogens (primary N) is 1. The quantitative estimate of drug-likeness (QED) is 0.743. The maximum Gasteiger partial charge on any atom is 0.224 e. The van der Waals surface area contributed by atoms with Crippen molar-refractivity contribution < 1.29 is 0 Å². The van der Waals surface area contributed by atoms with Crippen LogP contribution in [0.15, 0.2) is 0 Å². The van der Waals surface area contributed by atoms with Crippen molar-refractivity contribution in [3.05, 3.63) is 5.82 Å². The first-order valence-electron chi connectivity index (χ1n) is 5.06. The van der Waals surface area contributed by atoms with Crippen LogP contribution in [0.5, 0.6) is 0 Å². The van der Waals surface area contributed by atoms with Gasteiger partial charge < -0.3 is 11.1 Å². The van der Waals surface area contributed by atoms with E-state index in [9.17, 15) is 0 Å². The summed E-state index contributed by atoms with van der Waals surface area (Å²) in [5.41, 5.74) is 6.12. The van der Waals surface area contributed by atoms with Gasteiger partial charge >= 0.3 is 0 Å². The fourth-order valence-electron chi connectivity index (χ4n) is 1.86. The van der Waals surface area contributed by atoms with Crippen molar-refractivity contribution in [1.82, 2.24) is 14.8 Å². The summed E-state index contributed by atoms with van der Waals surface area (Å²) in [4.78, 5) is 0. The standard InChI is InChI=1S/C9H17N5/c1-11-9-13-12-8(14(9)2)7(10)6-4-3-5-6/h6-7H,3-5,10H2,1-2H3,(H,11,13). The summed E-state index contributed by atoms with van der Waals surface area (Å²) in [7, 11) is 3.78. The fraction of sp³-hybridized carbons (Fsp3) is 0.778. The Labute approximate surface area is 83.7 Å². The molecule has 5 nitrogen and oxygen atoms in total. The summed E-state index contributed by atoms with van der Waals surface area (Å²) in [6.07, 6.45) is 3.75. The predicted octanol–water partition coefficient (Wildman–Crippen LogP) is 0.657. The Balaban J connectivity index is 2.18. The molecule has 1 heterocycles. The molecule has 0 radical (unpaired) electrons. The van der Waals surface area contributed by atoms with Gasteiger partial charge in [-0.1, -0.05) is 6.42 Å². The Morgan fingerprint density at radius 3 is 2.64 bits per heavy atom. The molecule has 2 rings (SSSR count). The summed E-state index contributed by atoms with van der Waals surface area (Å²) in [5.74, 6) is 2.26. The summed E-state index contributed by atoms with van der Waals surface area (Å²) in [6, 6.07) is 0.0448. The monoisotopic (exact) mass is 195 g/mol. The SMILES string of the molecule is CNc1nnc(C(N)C2CCC2)n1C. The highest BCUT2D eigenvalue weighted by molar-refractivity contribution is 5.24. The Kier molecular flexibility index (Phi) is 2.41. The summed E-state index contributed by atoms with van der Waals surface area (Å²) in [6.45, 7) is 0. The minimum atomic E-state index is 0.0448. The van der Waals surface area contributed by atoms with Crippen molar-refractivity contribution in [3.63, 3.8) is 0 Å². The molecular formula is C9H17N5. The van der Waals surface area contributed by atoms with E-state index in [-0.39, 0.29) is 6.04 Å². The second kappa shape index (κ2) is 3.57. The van der Waals surface area contributed by atoms with Gasteiger partial charge in [-0.3, -0.25) is 4.57 Å². The minimum absolute atomic E-state index is 0.0448. The molecule has 0 aromatic carbocycles. The van der Waals surface area contributed by atoms with Crippen molar-refractivity contribution in [1.29, 1.82) is 0 Å². The van der Waals surface area contributed by atoms with Gasteiger partial charge in [0.1, 0.15) is 0 Å². The molecule has 0 bridgehead atoms. The number of hydrogen-bond acceptors (Lipinski definition) is 4. The highest BCUT2D eigenvalue weighted by Gasteiger charge is 2.29. The largest absolute Gasteiger partial charge is 0.357 e. The number of aromatic nitrogens is 3. The third kappa shape index (κ3) is 1.37. The van der Waals surface area contributed by atoms with Crippen LogP contribution >= 0.6 is 0 Å². The molecule has 5 heteroatoms. The van der Waals surface area contributed by atoms with E-state index < -0.39 is 0 Å². The Morgan fingerprint density at radius 2 is 2.21 bits per heavy atom. The number of anilines is 1. The lowest BCUT2D eigenvalue weighted by Gasteiger charge is -2.30. The predicted molar refractivity (Wildman–Crippen MR) is 54.8 cm³/mol. The van der Waals surface area contributed by atoms with E-state index in [2.05, 4.69) is 15.5 Å². The summed E-state index contributed by atoms with van der Waals surface area (Å²) >= 11 is 0. The van der Waals surface area contributed by atoms with Crippen LogP contribution in [0, 0.1) is 5.92 Å². The van der Waals surface area contributed by atoms with E-state index in [0.29, 0.717) is 5.92 Å². The lowest BCUT2D eigenvalue weighted by molar-refractivity contribution is 0.254. The molecule has 1 unspecified atom stereocenters. The van der Waals surface area contributed by atoms with Crippen LogP contribution in [0.4, 0.5) is 5.95 Å². The number of hydrogen-bond donors (Lipinski definition) is 2. The van der Waals surface area contributed by atoms with Crippen LogP contribution < -0.4 is 11.1 Å². The van der Waals surface area contributed by atoms with Gasteiger partial charge in [-0.25, -0.2) is 0 Å². The third-order valence-corrected chi connectivity index (χ3v) is 3.09. The molecule has 1 aromatic rings. The molecule has 1 aliphatic carbocycles. The maximum atomic E-state index is 6.12. The highest BCUT2D eigenvalue weighted by Crippen LogP contribution is 2.35. The lowest BCUT2D eigenvalue weighted by atomic mass is 9.80. The lowest BCUT2D eigenvalue weighted by Crippen LogP contribution is -2.29. The Bertz CT molecular complexity index is 315. The van der Waals surface area contributed by atoms with Crippen molar-refractivity contribution in [2.24, 2.45) is 18.7 Å². The zero-order chi connectivity index (χ0) is 10.1. The smallest absolute Gasteiger partial charge is 0.224 e. The van der Waals surface area contributed by atoms with Gasteiger partial charge in [0.25, 0.3) is 0 Å². The van der Waals surface area contributed by atoms with E-state index in [0.717, 1.165) is 11.8 Å². The molecule has 14 heavy (non-hydrogen) atoms. The number of rotatable bonds is 3. The van der Waals surface area contributed by atoms with Crippen molar-refractivity contribution in [3.8, 4) is 0 Å². The molecule has 1 fully saturated rings. The molecule has 1 aromatic heterocycles. The van der Waals surface area contributed by atoms with Crippen LogP contribution in [-0.2, 0) is 7.05 Å². The second-order valence-corrected chi connectivity index (χ2v) is 3.91. The van der Waals surface area contributed by atoms with Crippen molar-refractivity contribution in [2.45, 2.75) is 25.3 Å². The molecule has 0 amide bonds. The van der Waals surface area contributed by atoms with Crippen molar-refractivity contribution >= 4 is 5.95 Å². The average molecular weight is 195 g/mol. The van der Waals surface area contributed by atoms with Gasteiger partial charge in [0, 0.05) is 14.1 Å². The molecule has 78 valence electrons. The molecule has 0 aliphatic heterocycles. The van der Waals surface area contributed by atoms with Crippen LogP contribution in [-0.4, -0.2) is 21.8 Å². The second-order valence-electron chi connectivity index (χ2n) is 3.91. The van der Waals surface area contributed by atoms with Crippen LogP contribution in [0.2, 0.25) is 0 Å². The zero-order valence-electron chi connectivity index (χ0n) is 8.70. The summed E-state index contributed by atoms with van der Waals surface area (Å²) in [5, 5.41) is 11.1. The van der Waals surface area contributed by atoms with E-state index in [4.69, 9.17) is 5.73 Å². The number of nitrogens with one attached hydrogen (secondary N) is 1. The van der Waals surface area contributed by atoms with Gasteiger partial charge in [0.15, 0.2) is 5.82 Å². The Morgan fingerprint density at radius 1 is 1.50 bits per heavy atom. The molecule has 1 atom stereocenters. The molecular weight excluding hydrogens is 178 g/mol. The molecule has 0 spiro atoms. The van der Waals surface area contributed by atoms with E-state index in [1.807, 2.05) is 18.7 Å². The van der Waals surface area contributed by atoms with E-state index in [1.165, 1.54) is 19.3 Å². The first-order chi connectivity index (χ1) is 6.74. The first-order valence-corrected chi connectivity index (χ1v) is 5.06. The van der Waals surface area contributed by atoms with Crippen LogP contribution in [0.1, 0.15) is 31.1 Å². The van der Waals surface area contributed by atoms with Gasteiger partial charge in [-0.05, 0) is 18.8 Å². The third-order valence-electron chi connectivity index (χ3n) is 3.09. The average Bonchev–Trinajstić information content (AvgIpc) is 2.43. The molecule has 3 N–H and O–H groups in total. The van der Waals surface area contributed by atoms with Gasteiger partial charge in [0.2, 0.25) is 5.95 Å². The summed E-state index contributed by atoms with van der Waals surface area (Å²) < 4.78 is 1.93. The molecule has 1 saturated carbocycles. The maximum absolute atomic E-state index is 6.12. The van der Waals surface area contributed by atoms with Gasteiger partial charge in [-0.2, -0.15) is 0 Å². The first kappa shape index (κ1) is 9.45. The van der Waals surface area contributed by atoms with E-state index in [1.54, 1.807) is 0 Å². The zero-order valence-corrected chi connectivity index (χ0v) is 8.70. The fourth-order valence-corrected chi connectivity index (χ4v) is 1.86. The number of nitrogens with zero attached hydrogens (tertiary/aromatic N) is 3. The van der Waals surface area contributed by atoms with Crippen LogP contribution in [0.25, 0.3) is 0 Å². The Hall–Kier alpha value is -1.10. The van der Waals surface area contributed by atoms with Crippen LogP contribution in [0.3, 0.4) is 0 Å². The minimum Gasteiger partial charge on any atom is -0.357 e. The van der Waals surface area contributed by atoms with E-state index >= 15 is 0 Å². The normalized spacial score (nSPS) is 19.1. The van der Waals surface area contributed by atoms with Crippen molar-refractivity contribution in [2.75, 3.05) is 12.4 Å². The topological polar surface area (TPSA) is 68.8 Å². The molecule has 0 saturated heterocycles.